The second-order valence-corrected chi connectivity index (χ2v) is 5.06. The predicted molar refractivity (Wildman–Crippen MR) is 87.1 cm³/mol. The van der Waals surface area contributed by atoms with E-state index in [2.05, 4.69) is 20.3 Å². The van der Waals surface area contributed by atoms with Gasteiger partial charge in [-0.25, -0.2) is 4.79 Å². The molecular formula is C15H16N4O3S. The maximum Gasteiger partial charge on any atom is 0.337 e. The number of aromatic nitrogens is 3. The van der Waals surface area contributed by atoms with Crippen molar-refractivity contribution in [3.63, 3.8) is 0 Å². The zero-order valence-corrected chi connectivity index (χ0v) is 13.5. The Morgan fingerprint density at radius 2 is 2.09 bits per heavy atom. The second-order valence-electron chi connectivity index (χ2n) is 4.67. The summed E-state index contributed by atoms with van der Waals surface area (Å²) in [5.74, 6) is -0.0126. The number of nitrogens with zero attached hydrogens (tertiary/aromatic N) is 2. The molecule has 0 spiro atoms. The number of nitrogens with one attached hydrogen (secondary N) is 2. The third kappa shape index (κ3) is 4.36. The van der Waals surface area contributed by atoms with Crippen molar-refractivity contribution >= 4 is 30.2 Å². The van der Waals surface area contributed by atoms with Gasteiger partial charge in [-0.05, 0) is 36.0 Å². The number of ether oxygens (including phenoxy) is 1. The van der Waals surface area contributed by atoms with Crippen molar-refractivity contribution in [2.45, 2.75) is 6.54 Å². The monoisotopic (exact) mass is 332 g/mol. The van der Waals surface area contributed by atoms with Gasteiger partial charge >= 0.3 is 5.97 Å². The van der Waals surface area contributed by atoms with Gasteiger partial charge in [0.15, 0.2) is 10.6 Å². The van der Waals surface area contributed by atoms with Crippen molar-refractivity contribution in [2.24, 2.45) is 7.05 Å². The Bertz CT molecular complexity index is 790. The predicted octanol–water partition coefficient (Wildman–Crippen LogP) is 1.59. The van der Waals surface area contributed by atoms with Gasteiger partial charge in [0.1, 0.15) is 0 Å². The lowest BCUT2D eigenvalue weighted by Crippen LogP contribution is -2.22. The van der Waals surface area contributed by atoms with Crippen LogP contribution in [0.15, 0.2) is 30.3 Å². The summed E-state index contributed by atoms with van der Waals surface area (Å²) in [4.78, 5) is 23.1. The molecule has 0 saturated heterocycles. The third-order valence-electron chi connectivity index (χ3n) is 3.15. The molecule has 8 heteroatoms. The van der Waals surface area contributed by atoms with Crippen LogP contribution < -0.4 is 5.32 Å². The number of esters is 1. The van der Waals surface area contributed by atoms with Crippen molar-refractivity contribution < 1.29 is 14.3 Å². The second kappa shape index (κ2) is 7.50. The van der Waals surface area contributed by atoms with E-state index in [1.807, 2.05) is 0 Å². The van der Waals surface area contributed by atoms with Gasteiger partial charge in [-0.3, -0.25) is 9.89 Å². The van der Waals surface area contributed by atoms with Gasteiger partial charge in [-0.15, -0.1) is 0 Å². The Labute approximate surface area is 138 Å². The number of methoxy groups -OCH3 is 1. The maximum absolute atomic E-state index is 11.8. The number of hydrogen-bond acceptors (Lipinski definition) is 5. The summed E-state index contributed by atoms with van der Waals surface area (Å²) in [7, 11) is 3.10. The van der Waals surface area contributed by atoms with E-state index in [0.29, 0.717) is 16.2 Å². The van der Waals surface area contributed by atoms with Crippen molar-refractivity contribution in [1.82, 2.24) is 20.1 Å². The molecule has 0 atom stereocenters. The van der Waals surface area contributed by atoms with Gasteiger partial charge in [-0.2, -0.15) is 5.10 Å². The van der Waals surface area contributed by atoms with Gasteiger partial charge in [0.05, 0.1) is 19.2 Å². The van der Waals surface area contributed by atoms with Crippen molar-refractivity contribution in [1.29, 1.82) is 0 Å². The molecule has 0 fully saturated rings. The molecular weight excluding hydrogens is 316 g/mol. The zero-order valence-electron chi connectivity index (χ0n) is 12.7. The summed E-state index contributed by atoms with van der Waals surface area (Å²) in [5.41, 5.74) is 1.26. The molecule has 2 aromatic rings. The maximum atomic E-state index is 11.8. The lowest BCUT2D eigenvalue weighted by atomic mass is 10.1. The average Bonchev–Trinajstić information content (AvgIpc) is 2.89. The van der Waals surface area contributed by atoms with E-state index in [-0.39, 0.29) is 12.5 Å². The first-order chi connectivity index (χ1) is 11.0. The summed E-state index contributed by atoms with van der Waals surface area (Å²) < 4.78 is 6.80. The fraction of sp³-hybridized carbons (Fsp3) is 0.200. The summed E-state index contributed by atoms with van der Waals surface area (Å²) in [6.07, 6.45) is 3.06. The molecule has 1 heterocycles. The normalized spacial score (nSPS) is 10.7. The highest BCUT2D eigenvalue weighted by molar-refractivity contribution is 7.71. The fourth-order valence-corrected chi connectivity index (χ4v) is 1.93. The Morgan fingerprint density at radius 3 is 2.65 bits per heavy atom. The van der Waals surface area contributed by atoms with Crippen molar-refractivity contribution in [3.05, 3.63) is 52.1 Å². The molecule has 0 aliphatic carbocycles. The number of carbonyl (C=O) groups is 2. The topological polar surface area (TPSA) is 89.0 Å². The summed E-state index contributed by atoms with van der Waals surface area (Å²) in [6.45, 7) is 0.272. The van der Waals surface area contributed by atoms with E-state index in [4.69, 9.17) is 12.2 Å². The number of aromatic amines is 1. The van der Waals surface area contributed by atoms with Gasteiger partial charge in [0.2, 0.25) is 5.91 Å². The first-order valence-corrected chi connectivity index (χ1v) is 7.16. The fourth-order valence-electron chi connectivity index (χ4n) is 1.78. The molecule has 2 N–H and O–H groups in total. The van der Waals surface area contributed by atoms with Crippen LogP contribution in [0.25, 0.3) is 6.08 Å². The van der Waals surface area contributed by atoms with Crippen LogP contribution in [0, 0.1) is 4.77 Å². The summed E-state index contributed by atoms with van der Waals surface area (Å²) in [6, 6.07) is 6.73. The van der Waals surface area contributed by atoms with E-state index in [0.717, 1.165) is 5.56 Å². The van der Waals surface area contributed by atoms with Crippen LogP contribution in [0.3, 0.4) is 0 Å². The SMILES string of the molecule is COC(=O)c1ccc(/C=C/C(=O)NCc2n[nH]c(=S)n2C)cc1. The van der Waals surface area contributed by atoms with Crippen molar-refractivity contribution in [3.8, 4) is 0 Å². The van der Waals surface area contributed by atoms with Crippen LogP contribution in [-0.4, -0.2) is 33.8 Å². The molecule has 0 saturated carbocycles. The average molecular weight is 332 g/mol. The van der Waals surface area contributed by atoms with Crippen LogP contribution in [0.1, 0.15) is 21.7 Å². The highest BCUT2D eigenvalue weighted by atomic mass is 32.1. The number of benzene rings is 1. The molecule has 7 nitrogen and oxygen atoms in total. The first-order valence-electron chi connectivity index (χ1n) is 6.76. The number of rotatable bonds is 5. The van der Waals surface area contributed by atoms with Crippen molar-refractivity contribution in [2.75, 3.05) is 7.11 Å². The molecule has 23 heavy (non-hydrogen) atoms. The van der Waals surface area contributed by atoms with Crippen LogP contribution in [0.4, 0.5) is 0 Å². The first kappa shape index (κ1) is 16.6. The van der Waals surface area contributed by atoms with E-state index in [9.17, 15) is 9.59 Å². The number of H-pyrrole nitrogens is 1. The molecule has 120 valence electrons. The number of hydrogen-bond donors (Lipinski definition) is 2. The van der Waals surface area contributed by atoms with Gasteiger partial charge < -0.3 is 14.6 Å². The minimum absolute atomic E-state index is 0.254. The molecule has 0 aliphatic rings. The highest BCUT2D eigenvalue weighted by Gasteiger charge is 2.04. The lowest BCUT2D eigenvalue weighted by molar-refractivity contribution is -0.116. The third-order valence-corrected chi connectivity index (χ3v) is 3.52. The van der Waals surface area contributed by atoms with E-state index >= 15 is 0 Å². The van der Waals surface area contributed by atoms with E-state index < -0.39 is 5.97 Å². The van der Waals surface area contributed by atoms with Crippen LogP contribution in [0.5, 0.6) is 0 Å². The quantitative estimate of drug-likeness (QED) is 0.493. The minimum Gasteiger partial charge on any atom is -0.465 e. The van der Waals surface area contributed by atoms with Gasteiger partial charge in [-0.1, -0.05) is 12.1 Å². The minimum atomic E-state index is -0.397. The van der Waals surface area contributed by atoms with Gasteiger partial charge in [0, 0.05) is 13.1 Å². The highest BCUT2D eigenvalue weighted by Crippen LogP contribution is 2.07. The van der Waals surface area contributed by atoms with E-state index in [1.165, 1.54) is 13.2 Å². The van der Waals surface area contributed by atoms with Gasteiger partial charge in [0.25, 0.3) is 0 Å². The van der Waals surface area contributed by atoms with E-state index in [1.54, 1.807) is 42.0 Å². The smallest absolute Gasteiger partial charge is 0.337 e. The lowest BCUT2D eigenvalue weighted by Gasteiger charge is -2.02. The Balaban J connectivity index is 1.92. The van der Waals surface area contributed by atoms with Crippen LogP contribution >= 0.6 is 12.2 Å². The van der Waals surface area contributed by atoms with Crippen LogP contribution in [-0.2, 0) is 23.1 Å². The molecule has 2 rings (SSSR count). The number of amides is 1. The summed E-state index contributed by atoms with van der Waals surface area (Å²) >= 11 is 4.99. The Kier molecular flexibility index (Phi) is 5.42. The zero-order chi connectivity index (χ0) is 16.8. The molecule has 0 bridgehead atoms. The molecule has 1 aromatic carbocycles. The molecule has 0 unspecified atom stereocenters. The Morgan fingerprint density at radius 1 is 1.39 bits per heavy atom. The molecule has 0 aliphatic heterocycles. The standard InChI is InChI=1S/C15H16N4O3S/c1-19-12(17-18-15(19)23)9-16-13(20)8-5-10-3-6-11(7-4-10)14(21)22-2/h3-8H,9H2,1-2H3,(H,16,20)(H,18,23)/b8-5+. The molecule has 1 aromatic heterocycles. The summed E-state index contributed by atoms with van der Waals surface area (Å²) in [5, 5.41) is 9.36. The Hall–Kier alpha value is -2.74. The largest absolute Gasteiger partial charge is 0.465 e. The number of carbonyl (C=O) groups excluding carboxylic acids is 2. The van der Waals surface area contributed by atoms with Crippen LogP contribution in [0.2, 0.25) is 0 Å². The molecule has 1 amide bonds. The molecule has 0 radical (unpaired) electrons.